The molecule has 28 heavy (non-hydrogen) atoms. The van der Waals surface area contributed by atoms with E-state index in [4.69, 9.17) is 9.84 Å². The van der Waals surface area contributed by atoms with E-state index >= 15 is 0 Å². The van der Waals surface area contributed by atoms with Gasteiger partial charge in [-0.25, -0.2) is 9.59 Å². The minimum absolute atomic E-state index is 0.193. The summed E-state index contributed by atoms with van der Waals surface area (Å²) in [6, 6.07) is 8.30. The fourth-order valence-corrected chi connectivity index (χ4v) is 2.77. The van der Waals surface area contributed by atoms with Crippen LogP contribution in [-0.2, 0) is 14.3 Å². The third-order valence-corrected chi connectivity index (χ3v) is 4.60. The van der Waals surface area contributed by atoms with Crippen molar-refractivity contribution < 1.29 is 29.3 Å². The first-order chi connectivity index (χ1) is 13.2. The molecule has 1 aliphatic rings. The van der Waals surface area contributed by atoms with E-state index in [2.05, 4.69) is 0 Å². The Kier molecular flexibility index (Phi) is 8.60. The molecular weight excluding hydrogens is 362 g/mol. The molecule has 0 saturated heterocycles. The van der Waals surface area contributed by atoms with Crippen LogP contribution in [0.2, 0.25) is 0 Å². The first-order valence-corrected chi connectivity index (χ1v) is 8.90. The van der Waals surface area contributed by atoms with E-state index in [1.807, 2.05) is 6.92 Å². The smallest absolute Gasteiger partial charge is 0.335 e. The summed E-state index contributed by atoms with van der Waals surface area (Å²) in [5.74, 6) is -2.91. The molecule has 0 amide bonds. The zero-order valence-electron chi connectivity index (χ0n) is 16.6. The van der Waals surface area contributed by atoms with Crippen LogP contribution in [-0.4, -0.2) is 59.3 Å². The average Bonchev–Trinajstić information content (AvgIpc) is 2.67. The van der Waals surface area contributed by atoms with Crippen LogP contribution in [0, 0.1) is 5.92 Å². The van der Waals surface area contributed by atoms with E-state index in [1.165, 1.54) is 6.08 Å². The second kappa shape index (κ2) is 10.4. The maximum atomic E-state index is 12.1. The van der Waals surface area contributed by atoms with Crippen molar-refractivity contribution in [3.8, 4) is 0 Å². The van der Waals surface area contributed by atoms with Gasteiger partial charge in [0.2, 0.25) is 0 Å². The predicted octanol–water partition coefficient (Wildman–Crippen LogP) is 2.84. The minimum Gasteiger partial charge on any atom is -0.478 e. The van der Waals surface area contributed by atoms with Gasteiger partial charge in [-0.05, 0) is 39.6 Å². The van der Waals surface area contributed by atoms with Gasteiger partial charge in [0.15, 0.2) is 0 Å². The SMILES string of the molecule is CCCOC(=O)C1C=CC=C(C(=O)O)C1(C)N(C)C.O=C(O)c1ccccc1. The van der Waals surface area contributed by atoms with Crippen LogP contribution in [0.5, 0.6) is 0 Å². The normalized spacial score (nSPS) is 20.6. The molecule has 2 atom stereocenters. The molecule has 1 aromatic rings. The molecule has 0 radical (unpaired) electrons. The van der Waals surface area contributed by atoms with E-state index in [1.54, 1.807) is 68.4 Å². The van der Waals surface area contributed by atoms with E-state index in [0.29, 0.717) is 12.2 Å². The lowest BCUT2D eigenvalue weighted by Gasteiger charge is -2.42. The third kappa shape index (κ3) is 5.53. The van der Waals surface area contributed by atoms with E-state index in [9.17, 15) is 19.5 Å². The Morgan fingerprint density at radius 3 is 2.14 bits per heavy atom. The summed E-state index contributed by atoms with van der Waals surface area (Å²) in [5, 5.41) is 17.7. The van der Waals surface area contributed by atoms with Gasteiger partial charge in [-0.15, -0.1) is 0 Å². The number of likely N-dealkylation sites (N-methyl/N-ethyl adjacent to an activating group) is 1. The van der Waals surface area contributed by atoms with Crippen molar-refractivity contribution >= 4 is 17.9 Å². The van der Waals surface area contributed by atoms with Gasteiger partial charge in [-0.1, -0.05) is 43.4 Å². The maximum Gasteiger partial charge on any atom is 0.335 e. The van der Waals surface area contributed by atoms with Gasteiger partial charge < -0.3 is 14.9 Å². The average molecular weight is 389 g/mol. The number of carbonyl (C=O) groups excluding carboxylic acids is 1. The van der Waals surface area contributed by atoms with E-state index < -0.39 is 23.4 Å². The molecule has 0 saturated carbocycles. The second-order valence-electron chi connectivity index (χ2n) is 6.63. The fraction of sp³-hybridized carbons (Fsp3) is 0.381. The zero-order valence-corrected chi connectivity index (χ0v) is 16.6. The fourth-order valence-electron chi connectivity index (χ4n) is 2.77. The van der Waals surface area contributed by atoms with Gasteiger partial charge in [0.05, 0.1) is 29.2 Å². The molecule has 7 heteroatoms. The van der Waals surface area contributed by atoms with Gasteiger partial charge in [0.25, 0.3) is 0 Å². The highest BCUT2D eigenvalue weighted by atomic mass is 16.5. The number of allylic oxidation sites excluding steroid dienone is 2. The van der Waals surface area contributed by atoms with Gasteiger partial charge >= 0.3 is 17.9 Å². The molecule has 0 aromatic heterocycles. The molecule has 0 aliphatic heterocycles. The van der Waals surface area contributed by atoms with Crippen LogP contribution in [0.15, 0.2) is 54.1 Å². The Morgan fingerprint density at radius 2 is 1.71 bits per heavy atom. The molecule has 1 aromatic carbocycles. The summed E-state index contributed by atoms with van der Waals surface area (Å²) in [4.78, 5) is 35.4. The third-order valence-electron chi connectivity index (χ3n) is 4.60. The van der Waals surface area contributed by atoms with Gasteiger partial charge in [-0.2, -0.15) is 0 Å². The van der Waals surface area contributed by atoms with Crippen LogP contribution in [0.25, 0.3) is 0 Å². The number of ether oxygens (including phenoxy) is 1. The Morgan fingerprint density at radius 1 is 1.11 bits per heavy atom. The summed E-state index contributed by atoms with van der Waals surface area (Å²) in [6.07, 6.45) is 5.57. The highest BCUT2D eigenvalue weighted by molar-refractivity contribution is 5.93. The molecule has 0 spiro atoms. The van der Waals surface area contributed by atoms with Crippen molar-refractivity contribution in [2.45, 2.75) is 25.8 Å². The minimum atomic E-state index is -1.02. The maximum absolute atomic E-state index is 12.1. The van der Waals surface area contributed by atoms with Crippen molar-refractivity contribution in [3.63, 3.8) is 0 Å². The highest BCUT2D eigenvalue weighted by Gasteiger charge is 2.47. The summed E-state index contributed by atoms with van der Waals surface area (Å²) < 4.78 is 5.17. The molecule has 2 N–H and O–H groups in total. The molecule has 2 rings (SSSR count). The number of rotatable bonds is 6. The number of hydrogen-bond acceptors (Lipinski definition) is 5. The number of benzene rings is 1. The number of nitrogens with zero attached hydrogens (tertiary/aromatic N) is 1. The molecule has 0 heterocycles. The highest BCUT2D eigenvalue weighted by Crippen LogP contribution is 2.36. The van der Waals surface area contributed by atoms with E-state index in [-0.39, 0.29) is 11.5 Å². The molecule has 152 valence electrons. The largest absolute Gasteiger partial charge is 0.478 e. The lowest BCUT2D eigenvalue weighted by atomic mass is 9.75. The molecular formula is C21H27NO6. The van der Waals surface area contributed by atoms with Crippen LogP contribution in [0.3, 0.4) is 0 Å². The zero-order chi connectivity index (χ0) is 21.3. The Balaban J connectivity index is 0.000000362. The standard InChI is InChI=1S/C14H21NO4.C7H6O2/c1-5-9-19-13(18)11-8-6-7-10(12(16)17)14(11,2)15(3)4;8-7(9)6-4-2-1-3-5-6/h6-8,11H,5,9H2,1-4H3,(H,16,17);1-5H,(H,8,9). The number of aromatic carboxylic acids is 1. The summed E-state index contributed by atoms with van der Waals surface area (Å²) in [6.45, 7) is 4.00. The first kappa shape index (κ1) is 23.1. The monoisotopic (exact) mass is 389 g/mol. The molecule has 7 nitrogen and oxygen atoms in total. The lowest BCUT2D eigenvalue weighted by molar-refractivity contribution is -0.150. The van der Waals surface area contributed by atoms with Crippen molar-refractivity contribution in [2.24, 2.45) is 5.92 Å². The van der Waals surface area contributed by atoms with Crippen molar-refractivity contribution in [3.05, 3.63) is 59.7 Å². The number of carbonyl (C=O) groups is 3. The molecule has 2 unspecified atom stereocenters. The number of esters is 1. The lowest BCUT2D eigenvalue weighted by Crippen LogP contribution is -2.54. The van der Waals surface area contributed by atoms with Crippen molar-refractivity contribution in [2.75, 3.05) is 20.7 Å². The Labute approximate surface area is 164 Å². The van der Waals surface area contributed by atoms with Crippen LogP contribution in [0.4, 0.5) is 0 Å². The summed E-state index contributed by atoms with van der Waals surface area (Å²) in [7, 11) is 3.52. The van der Waals surface area contributed by atoms with Crippen molar-refractivity contribution in [1.29, 1.82) is 0 Å². The number of carboxylic acid groups (broad SMARTS) is 2. The van der Waals surface area contributed by atoms with Crippen molar-refractivity contribution in [1.82, 2.24) is 4.90 Å². The number of aliphatic carboxylic acids is 1. The first-order valence-electron chi connectivity index (χ1n) is 8.90. The Bertz CT molecular complexity index is 753. The number of carboxylic acids is 2. The van der Waals surface area contributed by atoms with Gasteiger partial charge in [0, 0.05) is 0 Å². The van der Waals surface area contributed by atoms with Gasteiger partial charge in [0.1, 0.15) is 0 Å². The molecule has 0 fully saturated rings. The Hall–Kier alpha value is -2.93. The van der Waals surface area contributed by atoms with Crippen LogP contribution < -0.4 is 0 Å². The summed E-state index contributed by atoms with van der Waals surface area (Å²) >= 11 is 0. The second-order valence-corrected chi connectivity index (χ2v) is 6.63. The van der Waals surface area contributed by atoms with E-state index in [0.717, 1.165) is 6.42 Å². The number of hydrogen-bond donors (Lipinski definition) is 2. The quantitative estimate of drug-likeness (QED) is 0.721. The topological polar surface area (TPSA) is 104 Å². The predicted molar refractivity (Wildman–Crippen MR) is 105 cm³/mol. The van der Waals surface area contributed by atoms with Crippen LogP contribution in [0.1, 0.15) is 30.6 Å². The summed E-state index contributed by atoms with van der Waals surface area (Å²) in [5.41, 5.74) is -0.387. The molecule has 0 bridgehead atoms. The van der Waals surface area contributed by atoms with Crippen LogP contribution >= 0.6 is 0 Å². The van der Waals surface area contributed by atoms with Gasteiger partial charge in [-0.3, -0.25) is 9.69 Å². The molecule has 1 aliphatic carbocycles.